The van der Waals surface area contributed by atoms with Gasteiger partial charge in [-0.25, -0.2) is 0 Å². The summed E-state index contributed by atoms with van der Waals surface area (Å²) in [6, 6.07) is 14.0. The van der Waals surface area contributed by atoms with Crippen molar-refractivity contribution in [3.63, 3.8) is 0 Å². The molecular weight excluding hydrogens is 305 g/mol. The molecule has 1 aromatic heterocycles. The van der Waals surface area contributed by atoms with Crippen molar-refractivity contribution in [1.82, 2.24) is 0 Å². The highest BCUT2D eigenvalue weighted by Crippen LogP contribution is 2.35. The number of para-hydroxylation sites is 1. The van der Waals surface area contributed by atoms with E-state index >= 15 is 0 Å². The average molecular weight is 314 g/mol. The molecule has 0 fully saturated rings. The highest BCUT2D eigenvalue weighted by molar-refractivity contribution is 5.99. The lowest BCUT2D eigenvalue weighted by atomic mass is 10.0. The summed E-state index contributed by atoms with van der Waals surface area (Å²) < 4.78 is 44.9. The summed E-state index contributed by atoms with van der Waals surface area (Å²) in [5.74, 6) is 0. The fraction of sp³-hybridized carbons (Fsp3) is 0.0556. The lowest BCUT2D eigenvalue weighted by Gasteiger charge is -2.10. The van der Waals surface area contributed by atoms with Crippen LogP contribution in [0.25, 0.3) is 32.7 Å². The Labute approximate surface area is 127 Å². The van der Waals surface area contributed by atoms with Crippen molar-refractivity contribution >= 4 is 32.7 Å². The fourth-order valence-corrected chi connectivity index (χ4v) is 2.79. The van der Waals surface area contributed by atoms with Crippen LogP contribution in [0.1, 0.15) is 5.56 Å². The van der Waals surface area contributed by atoms with E-state index in [1.807, 2.05) is 24.3 Å². The van der Waals surface area contributed by atoms with Crippen LogP contribution in [0.3, 0.4) is 0 Å². The molecule has 1 heterocycles. The Morgan fingerprint density at radius 1 is 0.826 bits per heavy atom. The molecule has 2 nitrogen and oxygen atoms in total. The highest BCUT2D eigenvalue weighted by Gasteiger charge is 2.34. The van der Waals surface area contributed by atoms with Crippen LogP contribution in [0.4, 0.5) is 13.2 Å². The van der Waals surface area contributed by atoms with Crippen molar-refractivity contribution in [2.45, 2.75) is 6.18 Å². The number of halogens is 3. The fourth-order valence-electron chi connectivity index (χ4n) is 2.79. The Hall–Kier alpha value is -2.82. The Morgan fingerprint density at radius 3 is 2.22 bits per heavy atom. The van der Waals surface area contributed by atoms with Gasteiger partial charge in [-0.1, -0.05) is 30.3 Å². The second-order valence-electron chi connectivity index (χ2n) is 5.31. The first-order chi connectivity index (χ1) is 10.9. The number of hydrogen-bond donors (Lipinski definition) is 0. The normalized spacial score (nSPS) is 12.3. The molecule has 114 valence electrons. The van der Waals surface area contributed by atoms with Gasteiger partial charge in [0.25, 0.3) is 0 Å². The molecule has 5 heteroatoms. The van der Waals surface area contributed by atoms with Gasteiger partial charge in [0.05, 0.1) is 16.3 Å². The molecule has 4 rings (SSSR count). The minimum absolute atomic E-state index is 0.0670. The highest BCUT2D eigenvalue weighted by atomic mass is 19.4. The van der Waals surface area contributed by atoms with Crippen molar-refractivity contribution < 1.29 is 17.6 Å². The van der Waals surface area contributed by atoms with E-state index in [1.54, 1.807) is 12.1 Å². The predicted octanol–water partition coefficient (Wildman–Crippen LogP) is 5.12. The maximum absolute atomic E-state index is 13.1. The molecule has 0 saturated carbocycles. The van der Waals surface area contributed by atoms with E-state index < -0.39 is 22.8 Å². The Morgan fingerprint density at radius 2 is 1.52 bits per heavy atom. The van der Waals surface area contributed by atoms with Gasteiger partial charge in [0, 0.05) is 0 Å². The molecule has 4 aromatic rings. The van der Waals surface area contributed by atoms with Crippen molar-refractivity contribution in [1.29, 1.82) is 0 Å². The standard InChI is InChI=1S/C18H9F3O2/c19-18(20,21)14-7-3-6-12-16(22)13-8-10-4-1-2-5-11(10)9-15(13)23-17(12)14/h1-9H. The summed E-state index contributed by atoms with van der Waals surface area (Å²) in [6.45, 7) is 0. The lowest BCUT2D eigenvalue weighted by molar-refractivity contribution is -0.136. The SMILES string of the molecule is O=c1c2cc3ccccc3cc2oc2c(C(F)(F)F)cccc12. The van der Waals surface area contributed by atoms with Crippen LogP contribution in [0.2, 0.25) is 0 Å². The minimum atomic E-state index is -4.58. The quantitative estimate of drug-likeness (QED) is 0.422. The molecule has 0 unspecified atom stereocenters. The van der Waals surface area contributed by atoms with Crippen LogP contribution in [-0.4, -0.2) is 0 Å². The monoisotopic (exact) mass is 314 g/mol. The maximum Gasteiger partial charge on any atom is 0.420 e. The zero-order chi connectivity index (χ0) is 16.2. The van der Waals surface area contributed by atoms with E-state index in [9.17, 15) is 18.0 Å². The molecule has 0 atom stereocenters. The lowest BCUT2D eigenvalue weighted by Crippen LogP contribution is -2.09. The van der Waals surface area contributed by atoms with E-state index in [1.165, 1.54) is 12.1 Å². The summed E-state index contributed by atoms with van der Waals surface area (Å²) in [7, 11) is 0. The van der Waals surface area contributed by atoms with Gasteiger partial charge in [0.1, 0.15) is 5.58 Å². The van der Waals surface area contributed by atoms with Crippen molar-refractivity contribution in [3.05, 3.63) is 70.4 Å². The zero-order valence-electron chi connectivity index (χ0n) is 11.6. The first kappa shape index (κ1) is 13.8. The number of rotatable bonds is 0. The van der Waals surface area contributed by atoms with E-state index in [2.05, 4.69) is 0 Å². The third kappa shape index (κ3) is 2.08. The van der Waals surface area contributed by atoms with Crippen molar-refractivity contribution in [3.8, 4) is 0 Å². The summed E-state index contributed by atoms with van der Waals surface area (Å²) >= 11 is 0. The third-order valence-corrected chi connectivity index (χ3v) is 3.87. The van der Waals surface area contributed by atoms with Gasteiger partial charge in [-0.05, 0) is 35.0 Å². The Balaban J connectivity index is 2.22. The van der Waals surface area contributed by atoms with E-state index in [4.69, 9.17) is 4.42 Å². The summed E-state index contributed by atoms with van der Waals surface area (Å²) in [4.78, 5) is 12.6. The van der Waals surface area contributed by atoms with Crippen molar-refractivity contribution in [2.24, 2.45) is 0 Å². The first-order valence-electron chi connectivity index (χ1n) is 6.91. The molecule has 23 heavy (non-hydrogen) atoms. The molecule has 0 N–H and O–H groups in total. The van der Waals surface area contributed by atoms with Gasteiger partial charge in [0.15, 0.2) is 5.58 Å². The number of benzene rings is 3. The van der Waals surface area contributed by atoms with Crippen LogP contribution in [0.5, 0.6) is 0 Å². The molecule has 0 spiro atoms. The molecule has 0 aliphatic carbocycles. The van der Waals surface area contributed by atoms with Crippen LogP contribution in [0.15, 0.2) is 63.8 Å². The van der Waals surface area contributed by atoms with Gasteiger partial charge in [0.2, 0.25) is 5.43 Å². The summed E-state index contributed by atoms with van der Waals surface area (Å²) in [5, 5.41) is 1.84. The number of alkyl halides is 3. The van der Waals surface area contributed by atoms with Crippen molar-refractivity contribution in [2.75, 3.05) is 0 Å². The topological polar surface area (TPSA) is 30.2 Å². The molecule has 0 radical (unpaired) electrons. The summed E-state index contributed by atoms with van der Waals surface area (Å²) in [6.07, 6.45) is -4.58. The molecule has 0 saturated heterocycles. The van der Waals surface area contributed by atoms with E-state index in [0.717, 1.165) is 16.8 Å². The first-order valence-corrected chi connectivity index (χ1v) is 6.91. The van der Waals surface area contributed by atoms with Gasteiger partial charge >= 0.3 is 6.18 Å². The Bertz CT molecular complexity index is 1120. The molecule has 0 amide bonds. The van der Waals surface area contributed by atoms with Crippen LogP contribution in [-0.2, 0) is 6.18 Å². The largest absolute Gasteiger partial charge is 0.455 e. The minimum Gasteiger partial charge on any atom is -0.455 e. The van der Waals surface area contributed by atoms with E-state index in [0.29, 0.717) is 0 Å². The number of fused-ring (bicyclic) bond motifs is 3. The van der Waals surface area contributed by atoms with Crippen LogP contribution < -0.4 is 5.43 Å². The van der Waals surface area contributed by atoms with Gasteiger partial charge in [-0.15, -0.1) is 0 Å². The number of hydrogen-bond acceptors (Lipinski definition) is 2. The molecular formula is C18H9F3O2. The maximum atomic E-state index is 13.1. The molecule has 3 aromatic carbocycles. The second-order valence-corrected chi connectivity index (χ2v) is 5.31. The second kappa shape index (κ2) is 4.59. The van der Waals surface area contributed by atoms with Crippen LogP contribution >= 0.6 is 0 Å². The van der Waals surface area contributed by atoms with Crippen LogP contribution in [0, 0.1) is 0 Å². The predicted molar refractivity (Wildman–Crippen MR) is 82.5 cm³/mol. The zero-order valence-corrected chi connectivity index (χ0v) is 11.6. The van der Waals surface area contributed by atoms with E-state index in [-0.39, 0.29) is 16.4 Å². The summed E-state index contributed by atoms with van der Waals surface area (Å²) in [5.41, 5.74) is -1.68. The Kier molecular flexibility index (Phi) is 2.75. The smallest absolute Gasteiger partial charge is 0.420 e. The third-order valence-electron chi connectivity index (χ3n) is 3.87. The van der Waals surface area contributed by atoms with Gasteiger partial charge < -0.3 is 4.42 Å². The molecule has 0 aliphatic heterocycles. The molecule has 0 bridgehead atoms. The molecule has 0 aliphatic rings. The van der Waals surface area contributed by atoms with Gasteiger partial charge in [-0.2, -0.15) is 13.2 Å². The average Bonchev–Trinajstić information content (AvgIpc) is 2.52. The van der Waals surface area contributed by atoms with Gasteiger partial charge in [-0.3, -0.25) is 4.79 Å².